The molecule has 5 nitrogen and oxygen atoms in total. The maximum Gasteiger partial charge on any atom is 0.257 e. The van der Waals surface area contributed by atoms with Crippen molar-refractivity contribution in [1.29, 1.82) is 0 Å². The van der Waals surface area contributed by atoms with Crippen molar-refractivity contribution in [1.82, 2.24) is 10.2 Å². The second-order valence-electron chi connectivity index (χ2n) is 4.09. The highest BCUT2D eigenvalue weighted by Gasteiger charge is 2.17. The fraction of sp³-hybridized carbons (Fsp3) is 0.385. The van der Waals surface area contributed by atoms with Gasteiger partial charge in [-0.3, -0.25) is 19.8 Å². The van der Waals surface area contributed by atoms with Crippen LogP contribution in [0.15, 0.2) is 30.3 Å². The Kier molecular flexibility index (Phi) is 6.75. The van der Waals surface area contributed by atoms with Crippen molar-refractivity contribution in [3.63, 3.8) is 0 Å². The number of hydrogen-bond donors (Lipinski definition) is 2. The van der Waals surface area contributed by atoms with Crippen LogP contribution in [0, 0.1) is 0 Å². The van der Waals surface area contributed by atoms with Crippen LogP contribution in [0.25, 0.3) is 0 Å². The van der Waals surface area contributed by atoms with Crippen molar-refractivity contribution in [3.05, 3.63) is 35.9 Å². The second kappa shape index (κ2) is 8.34. The van der Waals surface area contributed by atoms with Crippen LogP contribution >= 0.6 is 0 Å². The van der Waals surface area contributed by atoms with Gasteiger partial charge in [0, 0.05) is 12.1 Å². The molecule has 1 aromatic rings. The van der Waals surface area contributed by atoms with Crippen LogP contribution in [0.2, 0.25) is 0 Å². The molecular formula is C13H16F2N2O3. The van der Waals surface area contributed by atoms with E-state index in [4.69, 9.17) is 5.11 Å². The number of carbonyl (C=O) groups is 2. The second-order valence-corrected chi connectivity index (χ2v) is 4.09. The highest BCUT2D eigenvalue weighted by Crippen LogP contribution is 2.00. The van der Waals surface area contributed by atoms with Crippen LogP contribution in [0.5, 0.6) is 0 Å². The molecule has 0 heterocycles. The fourth-order valence-corrected chi connectivity index (χ4v) is 1.60. The zero-order valence-electron chi connectivity index (χ0n) is 10.8. The van der Waals surface area contributed by atoms with Crippen molar-refractivity contribution in [2.24, 2.45) is 0 Å². The lowest BCUT2D eigenvalue weighted by molar-refractivity contribution is -0.121. The van der Waals surface area contributed by atoms with Crippen LogP contribution in [0.1, 0.15) is 10.4 Å². The number of aliphatic hydroxyl groups excluding tert-OH is 1. The first kappa shape index (κ1) is 16.2. The molecule has 0 atom stereocenters. The number of aliphatic hydroxyl groups is 1. The number of nitrogens with one attached hydrogen (secondary N) is 1. The molecule has 0 unspecified atom stereocenters. The van der Waals surface area contributed by atoms with Gasteiger partial charge in [-0.2, -0.15) is 0 Å². The monoisotopic (exact) mass is 286 g/mol. The molecule has 2 amide bonds. The molecule has 0 saturated heterocycles. The van der Waals surface area contributed by atoms with Crippen molar-refractivity contribution < 1.29 is 23.5 Å². The smallest absolute Gasteiger partial charge is 0.257 e. The van der Waals surface area contributed by atoms with Gasteiger partial charge in [0.05, 0.1) is 19.7 Å². The Hall–Kier alpha value is -1.86. The summed E-state index contributed by atoms with van der Waals surface area (Å²) in [6.07, 6.45) is -2.61. The molecule has 0 aliphatic heterocycles. The first-order valence-electron chi connectivity index (χ1n) is 6.03. The van der Waals surface area contributed by atoms with Gasteiger partial charge in [0.25, 0.3) is 12.3 Å². The van der Waals surface area contributed by atoms with E-state index in [-0.39, 0.29) is 19.7 Å². The normalized spacial score (nSPS) is 10.8. The summed E-state index contributed by atoms with van der Waals surface area (Å²) in [7, 11) is 0. The predicted octanol–water partition coefficient (Wildman–Crippen LogP) is 0.502. The molecule has 110 valence electrons. The van der Waals surface area contributed by atoms with Crippen molar-refractivity contribution in [2.75, 3.05) is 26.2 Å². The number of amides is 2. The Balaban J connectivity index is 2.51. The molecule has 0 fully saturated rings. The average molecular weight is 286 g/mol. The summed E-state index contributed by atoms with van der Waals surface area (Å²) in [5.74, 6) is -1.27. The van der Waals surface area contributed by atoms with E-state index in [9.17, 15) is 18.4 Å². The lowest BCUT2D eigenvalue weighted by Crippen LogP contribution is -2.42. The summed E-state index contributed by atoms with van der Waals surface area (Å²) >= 11 is 0. The zero-order chi connectivity index (χ0) is 15.0. The third-order valence-corrected chi connectivity index (χ3v) is 2.47. The van der Waals surface area contributed by atoms with E-state index in [2.05, 4.69) is 5.32 Å². The summed E-state index contributed by atoms with van der Waals surface area (Å²) in [5, 5.41) is 10.8. The van der Waals surface area contributed by atoms with Gasteiger partial charge in [-0.25, -0.2) is 8.78 Å². The number of nitrogens with zero attached hydrogens (tertiary/aromatic N) is 1. The Morgan fingerprint density at radius 1 is 1.25 bits per heavy atom. The number of halogens is 2. The van der Waals surface area contributed by atoms with Gasteiger partial charge in [0.2, 0.25) is 5.91 Å². The molecule has 2 N–H and O–H groups in total. The molecule has 1 aromatic carbocycles. The summed E-state index contributed by atoms with van der Waals surface area (Å²) in [4.78, 5) is 24.3. The molecule has 0 aliphatic carbocycles. The minimum atomic E-state index is -2.61. The van der Waals surface area contributed by atoms with Gasteiger partial charge in [0.15, 0.2) is 0 Å². The molecule has 20 heavy (non-hydrogen) atoms. The van der Waals surface area contributed by atoms with Gasteiger partial charge in [-0.05, 0) is 12.1 Å². The number of hydrogen-bond acceptors (Lipinski definition) is 4. The van der Waals surface area contributed by atoms with E-state index in [1.807, 2.05) is 0 Å². The van der Waals surface area contributed by atoms with E-state index in [0.29, 0.717) is 5.56 Å². The highest BCUT2D eigenvalue weighted by atomic mass is 19.3. The van der Waals surface area contributed by atoms with Crippen LogP contribution in [-0.2, 0) is 4.79 Å². The summed E-state index contributed by atoms with van der Waals surface area (Å²) in [5.41, 5.74) is 0.309. The summed E-state index contributed by atoms with van der Waals surface area (Å²) in [6, 6.07) is 8.09. The quantitative estimate of drug-likeness (QED) is 0.766. The number of alkyl halides is 2. The molecule has 1 rings (SSSR count). The van der Waals surface area contributed by atoms with Gasteiger partial charge < -0.3 is 5.11 Å². The molecule has 0 aromatic heterocycles. The Bertz CT molecular complexity index is 441. The molecule has 0 radical (unpaired) electrons. The maximum absolute atomic E-state index is 12.3. The Labute approximate surface area is 115 Å². The number of carbonyl (C=O) groups excluding carboxylic acids is 2. The van der Waals surface area contributed by atoms with Gasteiger partial charge in [0.1, 0.15) is 0 Å². The van der Waals surface area contributed by atoms with Gasteiger partial charge in [-0.15, -0.1) is 0 Å². The van der Waals surface area contributed by atoms with Crippen molar-refractivity contribution in [2.45, 2.75) is 6.43 Å². The molecular weight excluding hydrogens is 270 g/mol. The number of rotatable bonds is 7. The molecule has 0 saturated carbocycles. The average Bonchev–Trinajstić information content (AvgIpc) is 2.39. The first-order chi connectivity index (χ1) is 9.52. The molecule has 7 heteroatoms. The third-order valence-electron chi connectivity index (χ3n) is 2.47. The summed E-state index contributed by atoms with van der Waals surface area (Å²) < 4.78 is 24.5. The van der Waals surface area contributed by atoms with Crippen LogP contribution in [0.3, 0.4) is 0 Å². The number of benzene rings is 1. The maximum atomic E-state index is 12.3. The van der Waals surface area contributed by atoms with E-state index < -0.39 is 24.8 Å². The highest BCUT2D eigenvalue weighted by molar-refractivity contribution is 6.05. The molecule has 0 aliphatic rings. The fourth-order valence-electron chi connectivity index (χ4n) is 1.60. The van der Waals surface area contributed by atoms with Crippen molar-refractivity contribution in [3.8, 4) is 0 Å². The SMILES string of the molecule is O=C(CN(CCO)CC(F)F)NC(=O)c1ccccc1. The van der Waals surface area contributed by atoms with E-state index >= 15 is 0 Å². The molecule has 0 spiro atoms. The summed E-state index contributed by atoms with van der Waals surface area (Å²) in [6.45, 7) is -1.40. The van der Waals surface area contributed by atoms with Crippen molar-refractivity contribution >= 4 is 11.8 Å². The topological polar surface area (TPSA) is 69.6 Å². The predicted molar refractivity (Wildman–Crippen MR) is 68.4 cm³/mol. The first-order valence-corrected chi connectivity index (χ1v) is 6.03. The largest absolute Gasteiger partial charge is 0.395 e. The lowest BCUT2D eigenvalue weighted by atomic mass is 10.2. The van der Waals surface area contributed by atoms with E-state index in [1.165, 1.54) is 12.1 Å². The standard InChI is InChI=1S/C13H16F2N2O3/c14-11(15)8-17(6-7-18)9-12(19)16-13(20)10-4-2-1-3-5-10/h1-5,11,18H,6-9H2,(H,16,19,20). The van der Waals surface area contributed by atoms with Crippen LogP contribution in [-0.4, -0.2) is 54.5 Å². The van der Waals surface area contributed by atoms with E-state index in [1.54, 1.807) is 18.2 Å². The van der Waals surface area contributed by atoms with Gasteiger partial charge in [-0.1, -0.05) is 18.2 Å². The lowest BCUT2D eigenvalue weighted by Gasteiger charge is -2.19. The minimum Gasteiger partial charge on any atom is -0.395 e. The minimum absolute atomic E-state index is 0.0582. The third kappa shape index (κ3) is 5.85. The van der Waals surface area contributed by atoms with Crippen LogP contribution in [0.4, 0.5) is 8.78 Å². The Morgan fingerprint density at radius 2 is 1.90 bits per heavy atom. The van der Waals surface area contributed by atoms with Gasteiger partial charge >= 0.3 is 0 Å². The van der Waals surface area contributed by atoms with Crippen LogP contribution < -0.4 is 5.32 Å². The zero-order valence-corrected chi connectivity index (χ0v) is 10.8. The van der Waals surface area contributed by atoms with E-state index in [0.717, 1.165) is 4.90 Å². The Morgan fingerprint density at radius 3 is 2.45 bits per heavy atom. The molecule has 0 bridgehead atoms. The number of imide groups is 1.